The zero-order valence-corrected chi connectivity index (χ0v) is 15.1. The molecule has 1 N–H and O–H groups in total. The second-order valence-corrected chi connectivity index (χ2v) is 5.84. The predicted molar refractivity (Wildman–Crippen MR) is 94.3 cm³/mol. The number of hydrogen-bond donors (Lipinski definition) is 1. The van der Waals surface area contributed by atoms with E-state index in [9.17, 15) is 18.0 Å². The lowest BCUT2D eigenvalue weighted by Gasteiger charge is -2.19. The maximum absolute atomic E-state index is 12.5. The van der Waals surface area contributed by atoms with Crippen molar-refractivity contribution in [3.05, 3.63) is 37.1 Å². The monoisotopic (exact) mass is 394 g/mol. The minimum Gasteiger partial charge on any atom is -0.321 e. The summed E-state index contributed by atoms with van der Waals surface area (Å²) in [7, 11) is 1.77. The highest BCUT2D eigenvalue weighted by molar-refractivity contribution is 5.93. The molecule has 3 rings (SSSR count). The number of halogens is 3. The van der Waals surface area contributed by atoms with Gasteiger partial charge in [0.25, 0.3) is 0 Å². The van der Waals surface area contributed by atoms with Gasteiger partial charge >= 0.3 is 6.18 Å². The van der Waals surface area contributed by atoms with E-state index in [0.29, 0.717) is 17.5 Å². The Balaban J connectivity index is 1.79. The molecule has 0 saturated carbocycles. The smallest absolute Gasteiger partial charge is 0.321 e. The maximum Gasteiger partial charge on any atom is 0.397 e. The fourth-order valence-corrected chi connectivity index (χ4v) is 2.50. The minimum atomic E-state index is -4.57. The summed E-state index contributed by atoms with van der Waals surface area (Å²) in [6, 6.07) is 1.58. The van der Waals surface area contributed by atoms with Gasteiger partial charge in [0.2, 0.25) is 11.9 Å². The molecule has 0 spiro atoms. The van der Waals surface area contributed by atoms with E-state index in [-0.39, 0.29) is 12.2 Å². The van der Waals surface area contributed by atoms with Crippen molar-refractivity contribution in [2.75, 3.05) is 16.8 Å². The number of rotatable bonds is 6. The average Bonchev–Trinajstić information content (AvgIpc) is 3.24. The summed E-state index contributed by atoms with van der Waals surface area (Å²) < 4.78 is 40.5. The molecule has 12 heteroatoms. The van der Waals surface area contributed by atoms with Gasteiger partial charge in [-0.2, -0.15) is 28.4 Å². The van der Waals surface area contributed by atoms with Crippen LogP contribution in [0.2, 0.25) is 0 Å². The third-order valence-electron chi connectivity index (χ3n) is 3.69. The highest BCUT2D eigenvalue weighted by Gasteiger charge is 2.33. The third kappa shape index (κ3) is 4.64. The summed E-state index contributed by atoms with van der Waals surface area (Å²) in [5.74, 6) is -0.369. The van der Waals surface area contributed by atoms with Crippen LogP contribution in [0.4, 0.5) is 30.5 Å². The Morgan fingerprint density at radius 1 is 1.25 bits per heavy atom. The molecule has 3 heterocycles. The van der Waals surface area contributed by atoms with Gasteiger partial charge in [-0.05, 0) is 6.92 Å². The van der Waals surface area contributed by atoms with Gasteiger partial charge in [-0.15, -0.1) is 0 Å². The molecule has 0 saturated heterocycles. The molecule has 0 radical (unpaired) electrons. The van der Waals surface area contributed by atoms with Crippen LogP contribution in [0.3, 0.4) is 0 Å². The van der Waals surface area contributed by atoms with Gasteiger partial charge < -0.3 is 10.2 Å². The Labute approximate surface area is 157 Å². The van der Waals surface area contributed by atoms with Crippen molar-refractivity contribution in [2.24, 2.45) is 7.05 Å². The Morgan fingerprint density at radius 2 is 2.04 bits per heavy atom. The number of nitrogens with one attached hydrogen (secondary N) is 1. The van der Waals surface area contributed by atoms with Gasteiger partial charge in [-0.3, -0.25) is 9.48 Å². The van der Waals surface area contributed by atoms with Crippen LogP contribution in [0.5, 0.6) is 0 Å². The number of carbonyl (C=O) groups is 1. The predicted octanol–water partition coefficient (Wildman–Crippen LogP) is 2.44. The molecule has 9 nitrogen and oxygen atoms in total. The number of aromatic nitrogens is 6. The lowest BCUT2D eigenvalue weighted by molar-refractivity contribution is -0.151. The van der Waals surface area contributed by atoms with Crippen LogP contribution in [-0.4, -0.2) is 48.2 Å². The zero-order chi connectivity index (χ0) is 20.3. The van der Waals surface area contributed by atoms with E-state index in [1.165, 1.54) is 23.3 Å². The standard InChI is InChI=1S/C16H17F3N8O/c1-3-26(14(28)6-16(17,18)19)12-8-22-27(10-12)13-4-5-20-15(24-13)23-11-7-21-25(2)9-11/h4-5,7-10H,3,6H2,1-2H3,(H,20,23,24). The van der Waals surface area contributed by atoms with Crippen molar-refractivity contribution in [1.82, 2.24) is 29.5 Å². The molecule has 148 valence electrons. The first-order chi connectivity index (χ1) is 13.2. The third-order valence-corrected chi connectivity index (χ3v) is 3.69. The molecule has 0 aliphatic rings. The van der Waals surface area contributed by atoms with E-state index in [2.05, 4.69) is 25.5 Å². The quantitative estimate of drug-likeness (QED) is 0.690. The van der Waals surface area contributed by atoms with Gasteiger partial charge in [-0.1, -0.05) is 0 Å². The number of aryl methyl sites for hydroxylation is 1. The first kappa shape index (κ1) is 19.3. The van der Waals surface area contributed by atoms with Gasteiger partial charge in [0.05, 0.1) is 30.0 Å². The maximum atomic E-state index is 12.5. The molecular formula is C16H17F3N8O. The molecule has 0 aliphatic carbocycles. The number of carbonyl (C=O) groups excluding carboxylic acids is 1. The summed E-state index contributed by atoms with van der Waals surface area (Å²) in [6.07, 6.45) is 1.51. The Hall–Kier alpha value is -3.44. The number of amides is 1. The number of nitrogens with zero attached hydrogens (tertiary/aromatic N) is 7. The molecule has 1 amide bonds. The van der Waals surface area contributed by atoms with Crippen LogP contribution in [0.1, 0.15) is 13.3 Å². The van der Waals surface area contributed by atoms with E-state index in [0.717, 1.165) is 4.90 Å². The molecule has 28 heavy (non-hydrogen) atoms. The second kappa shape index (κ2) is 7.66. The summed E-state index contributed by atoms with van der Waals surface area (Å²) >= 11 is 0. The summed E-state index contributed by atoms with van der Waals surface area (Å²) in [6.45, 7) is 1.67. The molecule has 0 aliphatic heterocycles. The average molecular weight is 394 g/mol. The van der Waals surface area contributed by atoms with E-state index in [1.807, 2.05) is 0 Å². The van der Waals surface area contributed by atoms with E-state index < -0.39 is 18.5 Å². The fraction of sp³-hybridized carbons (Fsp3) is 0.312. The lowest BCUT2D eigenvalue weighted by Crippen LogP contribution is -2.33. The summed E-state index contributed by atoms with van der Waals surface area (Å²) in [5, 5.41) is 11.1. The van der Waals surface area contributed by atoms with E-state index in [1.54, 1.807) is 37.1 Å². The van der Waals surface area contributed by atoms with Crippen LogP contribution in [0.25, 0.3) is 5.82 Å². The van der Waals surface area contributed by atoms with Gasteiger partial charge in [0.15, 0.2) is 5.82 Å². The van der Waals surface area contributed by atoms with E-state index >= 15 is 0 Å². The first-order valence-corrected chi connectivity index (χ1v) is 8.26. The van der Waals surface area contributed by atoms with Crippen molar-refractivity contribution >= 4 is 23.2 Å². The molecule has 0 aromatic carbocycles. The SMILES string of the molecule is CCN(C(=O)CC(F)(F)F)c1cnn(-c2ccnc(Nc3cnn(C)c3)n2)c1. The van der Waals surface area contributed by atoms with Gasteiger partial charge in [-0.25, -0.2) is 9.67 Å². The Kier molecular flexibility index (Phi) is 5.29. The largest absolute Gasteiger partial charge is 0.397 e. The van der Waals surface area contributed by atoms with Crippen LogP contribution < -0.4 is 10.2 Å². The van der Waals surface area contributed by atoms with Crippen molar-refractivity contribution in [2.45, 2.75) is 19.5 Å². The number of hydrogen-bond acceptors (Lipinski definition) is 6. The molecule has 0 unspecified atom stereocenters. The summed E-state index contributed by atoms with van der Waals surface area (Å²) in [5.41, 5.74) is 0.938. The molecule has 3 aromatic heterocycles. The molecule has 0 bridgehead atoms. The van der Waals surface area contributed by atoms with Gasteiger partial charge in [0, 0.05) is 32.1 Å². The Bertz CT molecular complexity index is 965. The van der Waals surface area contributed by atoms with Crippen LogP contribution >= 0.6 is 0 Å². The zero-order valence-electron chi connectivity index (χ0n) is 15.1. The minimum absolute atomic E-state index is 0.0815. The topological polar surface area (TPSA) is 93.8 Å². The molecular weight excluding hydrogens is 377 g/mol. The van der Waals surface area contributed by atoms with Crippen molar-refractivity contribution in [3.63, 3.8) is 0 Å². The normalized spacial score (nSPS) is 11.5. The van der Waals surface area contributed by atoms with Crippen LogP contribution in [0, 0.1) is 0 Å². The van der Waals surface area contributed by atoms with Gasteiger partial charge in [0.1, 0.15) is 6.42 Å². The Morgan fingerprint density at radius 3 is 2.68 bits per heavy atom. The second-order valence-electron chi connectivity index (χ2n) is 5.84. The molecule has 3 aromatic rings. The number of alkyl halides is 3. The molecule has 0 atom stereocenters. The first-order valence-electron chi connectivity index (χ1n) is 8.26. The van der Waals surface area contributed by atoms with Crippen molar-refractivity contribution < 1.29 is 18.0 Å². The van der Waals surface area contributed by atoms with Crippen molar-refractivity contribution in [1.29, 1.82) is 0 Å². The van der Waals surface area contributed by atoms with Crippen LogP contribution in [0.15, 0.2) is 37.1 Å². The van der Waals surface area contributed by atoms with E-state index in [4.69, 9.17) is 0 Å². The van der Waals surface area contributed by atoms with Crippen LogP contribution in [-0.2, 0) is 11.8 Å². The van der Waals surface area contributed by atoms with Crippen molar-refractivity contribution in [3.8, 4) is 5.82 Å². The molecule has 0 fully saturated rings. The number of anilines is 3. The fourth-order valence-electron chi connectivity index (χ4n) is 2.50. The highest BCUT2D eigenvalue weighted by Crippen LogP contribution is 2.24. The highest BCUT2D eigenvalue weighted by atomic mass is 19.4. The summed E-state index contributed by atoms with van der Waals surface area (Å²) in [4.78, 5) is 21.4. The lowest BCUT2D eigenvalue weighted by atomic mass is 10.3.